The maximum absolute atomic E-state index is 5.60. The Morgan fingerprint density at radius 2 is 2.50 bits per heavy atom. The Hall–Kier alpha value is -0.720. The van der Waals surface area contributed by atoms with Gasteiger partial charge < -0.3 is 4.74 Å². The zero-order valence-electron chi connectivity index (χ0n) is 6.13. The molecular formula is C7H12N2O. The van der Waals surface area contributed by atoms with E-state index in [0.717, 1.165) is 19.4 Å². The number of methoxy groups -OCH3 is 1. The van der Waals surface area contributed by atoms with Gasteiger partial charge in [0.25, 0.3) is 0 Å². The summed E-state index contributed by atoms with van der Waals surface area (Å²) in [5.41, 5.74) is 0. The van der Waals surface area contributed by atoms with Crippen LogP contribution in [0.15, 0.2) is 0 Å². The van der Waals surface area contributed by atoms with Crippen LogP contribution in [0.2, 0.25) is 0 Å². The average molecular weight is 140 g/mol. The second-order valence-corrected chi connectivity index (χ2v) is 2.35. The Balaban J connectivity index is 2.40. The van der Waals surface area contributed by atoms with Crippen molar-refractivity contribution in [1.82, 2.24) is 5.01 Å². The quantitative estimate of drug-likeness (QED) is 0.378. The molecule has 0 aliphatic carbocycles. The van der Waals surface area contributed by atoms with Crippen molar-refractivity contribution in [1.29, 1.82) is 0 Å². The zero-order chi connectivity index (χ0) is 7.40. The number of rotatable bonds is 0. The molecule has 2 N–H and O–H groups in total. The second-order valence-electron chi connectivity index (χ2n) is 2.35. The molecule has 1 fully saturated rings. The van der Waals surface area contributed by atoms with Crippen molar-refractivity contribution in [3.63, 3.8) is 0 Å². The number of nitrogens with two attached hydrogens (primary N) is 1. The molecule has 0 radical (unpaired) electrons. The lowest BCUT2D eigenvalue weighted by Crippen LogP contribution is -2.34. The Morgan fingerprint density at radius 1 is 1.70 bits per heavy atom. The third-order valence-electron chi connectivity index (χ3n) is 1.62. The summed E-state index contributed by atoms with van der Waals surface area (Å²) < 4.78 is 4.61. The highest BCUT2D eigenvalue weighted by Gasteiger charge is 2.18. The minimum atomic E-state index is 0.208. The monoisotopic (exact) mass is 140 g/mol. The maximum Gasteiger partial charge on any atom is 0.111 e. The van der Waals surface area contributed by atoms with Crippen LogP contribution in [0, 0.1) is 12.0 Å². The van der Waals surface area contributed by atoms with Crippen LogP contribution in [0.3, 0.4) is 0 Å². The Kier molecular flexibility index (Phi) is 2.55. The zero-order valence-corrected chi connectivity index (χ0v) is 6.13. The lowest BCUT2D eigenvalue weighted by molar-refractivity contribution is 0.304. The number of nitrogens with zero attached hydrogens (tertiary/aromatic N) is 1. The van der Waals surface area contributed by atoms with Gasteiger partial charge in [0.1, 0.15) is 6.11 Å². The van der Waals surface area contributed by atoms with Crippen LogP contribution >= 0.6 is 0 Å². The predicted molar refractivity (Wildman–Crippen MR) is 38.7 cm³/mol. The summed E-state index contributed by atoms with van der Waals surface area (Å²) in [6.45, 7) is 0.947. The average Bonchev–Trinajstić information content (AvgIpc) is 2.31. The Labute approximate surface area is 61.1 Å². The number of hydrogen-bond acceptors (Lipinski definition) is 3. The molecule has 3 heteroatoms. The van der Waals surface area contributed by atoms with Crippen LogP contribution in [0.4, 0.5) is 0 Å². The van der Waals surface area contributed by atoms with Gasteiger partial charge in [-0.05, 0) is 18.8 Å². The van der Waals surface area contributed by atoms with E-state index in [1.54, 1.807) is 12.1 Å². The molecule has 1 heterocycles. The van der Waals surface area contributed by atoms with E-state index < -0.39 is 0 Å². The van der Waals surface area contributed by atoms with Gasteiger partial charge in [-0.15, -0.1) is 0 Å². The van der Waals surface area contributed by atoms with Gasteiger partial charge in [-0.25, -0.2) is 5.01 Å². The lowest BCUT2D eigenvalue weighted by atomic mass is 10.2. The fraction of sp³-hybridized carbons (Fsp3) is 0.714. The number of hydrogen-bond donors (Lipinski definition) is 1. The topological polar surface area (TPSA) is 38.5 Å². The third kappa shape index (κ3) is 1.63. The maximum atomic E-state index is 5.60. The van der Waals surface area contributed by atoms with Gasteiger partial charge in [-0.2, -0.15) is 0 Å². The lowest BCUT2D eigenvalue weighted by Gasteiger charge is -2.11. The molecule has 1 rings (SSSR count). The second kappa shape index (κ2) is 3.45. The van der Waals surface area contributed by atoms with Gasteiger partial charge in [0.05, 0.1) is 13.2 Å². The van der Waals surface area contributed by atoms with Crippen molar-refractivity contribution < 1.29 is 4.74 Å². The highest BCUT2D eigenvalue weighted by atomic mass is 16.5. The van der Waals surface area contributed by atoms with E-state index in [1.165, 1.54) is 0 Å². The van der Waals surface area contributed by atoms with Crippen molar-refractivity contribution in [2.24, 2.45) is 5.84 Å². The van der Waals surface area contributed by atoms with Crippen LogP contribution in [0.1, 0.15) is 12.8 Å². The van der Waals surface area contributed by atoms with E-state index in [1.807, 2.05) is 0 Å². The van der Waals surface area contributed by atoms with Crippen LogP contribution < -0.4 is 5.84 Å². The Morgan fingerprint density at radius 3 is 3.00 bits per heavy atom. The molecule has 0 bridgehead atoms. The molecule has 0 aromatic rings. The molecule has 3 nitrogen and oxygen atoms in total. The van der Waals surface area contributed by atoms with Gasteiger partial charge >= 0.3 is 0 Å². The molecule has 56 valence electrons. The minimum absolute atomic E-state index is 0.208. The molecule has 0 saturated carbocycles. The van der Waals surface area contributed by atoms with E-state index in [-0.39, 0.29) is 6.04 Å². The van der Waals surface area contributed by atoms with Gasteiger partial charge in [0.2, 0.25) is 0 Å². The van der Waals surface area contributed by atoms with E-state index in [4.69, 9.17) is 5.84 Å². The highest BCUT2D eigenvalue weighted by Crippen LogP contribution is 2.10. The SMILES string of the molecule is COC#CC1CCCN1N. The summed E-state index contributed by atoms with van der Waals surface area (Å²) >= 11 is 0. The van der Waals surface area contributed by atoms with Gasteiger partial charge in [0, 0.05) is 6.54 Å². The van der Waals surface area contributed by atoms with E-state index in [2.05, 4.69) is 16.8 Å². The fourth-order valence-electron chi connectivity index (χ4n) is 1.07. The molecule has 0 aromatic heterocycles. The van der Waals surface area contributed by atoms with Crippen LogP contribution in [-0.4, -0.2) is 24.7 Å². The summed E-state index contributed by atoms with van der Waals surface area (Å²) in [7, 11) is 1.56. The molecule has 10 heavy (non-hydrogen) atoms. The van der Waals surface area contributed by atoms with Crippen molar-refractivity contribution in [2.75, 3.05) is 13.7 Å². The molecule has 0 spiro atoms. The molecule has 1 aliphatic rings. The van der Waals surface area contributed by atoms with Crippen molar-refractivity contribution >= 4 is 0 Å². The van der Waals surface area contributed by atoms with E-state index in [9.17, 15) is 0 Å². The minimum Gasteiger partial charge on any atom is -0.450 e. The first-order chi connectivity index (χ1) is 4.84. The number of hydrazine groups is 1. The van der Waals surface area contributed by atoms with Crippen LogP contribution in [-0.2, 0) is 4.74 Å². The van der Waals surface area contributed by atoms with Crippen LogP contribution in [0.25, 0.3) is 0 Å². The first-order valence-electron chi connectivity index (χ1n) is 3.39. The number of ether oxygens (including phenoxy) is 1. The third-order valence-corrected chi connectivity index (χ3v) is 1.62. The fourth-order valence-corrected chi connectivity index (χ4v) is 1.07. The summed E-state index contributed by atoms with van der Waals surface area (Å²) in [4.78, 5) is 0. The smallest absolute Gasteiger partial charge is 0.111 e. The van der Waals surface area contributed by atoms with Gasteiger partial charge in [-0.3, -0.25) is 5.84 Å². The van der Waals surface area contributed by atoms with Gasteiger partial charge in [-0.1, -0.05) is 0 Å². The van der Waals surface area contributed by atoms with Crippen LogP contribution in [0.5, 0.6) is 0 Å². The predicted octanol–water partition coefficient (Wildman–Crippen LogP) is -0.0682. The highest BCUT2D eigenvalue weighted by molar-refractivity contribution is 5.05. The van der Waals surface area contributed by atoms with Crippen molar-refractivity contribution in [2.45, 2.75) is 18.9 Å². The van der Waals surface area contributed by atoms with Gasteiger partial charge in [0.15, 0.2) is 0 Å². The summed E-state index contributed by atoms with van der Waals surface area (Å²) in [5.74, 6) is 8.50. The largest absolute Gasteiger partial charge is 0.450 e. The van der Waals surface area contributed by atoms with Crippen molar-refractivity contribution in [3.8, 4) is 12.0 Å². The first kappa shape index (κ1) is 7.39. The summed E-state index contributed by atoms with van der Waals surface area (Å²) in [5, 5.41) is 1.76. The summed E-state index contributed by atoms with van der Waals surface area (Å²) in [6.07, 6.45) is 4.75. The molecule has 0 amide bonds. The molecule has 1 unspecified atom stereocenters. The first-order valence-corrected chi connectivity index (χ1v) is 3.39. The Bertz CT molecular complexity index is 159. The normalized spacial score (nSPS) is 25.6. The van der Waals surface area contributed by atoms with Crippen molar-refractivity contribution in [3.05, 3.63) is 0 Å². The van der Waals surface area contributed by atoms with E-state index in [0.29, 0.717) is 0 Å². The molecule has 1 saturated heterocycles. The standard InChI is InChI=1S/C7H12N2O/c1-10-6-4-7-3-2-5-9(7)8/h7H,2-3,5,8H2,1H3. The molecular weight excluding hydrogens is 128 g/mol. The van der Waals surface area contributed by atoms with E-state index >= 15 is 0 Å². The molecule has 1 aliphatic heterocycles. The summed E-state index contributed by atoms with van der Waals surface area (Å²) in [6, 6.07) is 0.208. The molecule has 1 atom stereocenters. The molecule has 0 aromatic carbocycles.